The summed E-state index contributed by atoms with van der Waals surface area (Å²) in [5.74, 6) is -0.294. The first-order valence-electron chi connectivity index (χ1n) is 3.52. The lowest BCUT2D eigenvalue weighted by Gasteiger charge is -2.16. The average Bonchev–Trinajstić information content (AvgIpc) is 1.98. The van der Waals surface area contributed by atoms with Gasteiger partial charge in [-0.25, -0.2) is 0 Å². The molecule has 11 heavy (non-hydrogen) atoms. The fourth-order valence-electron chi connectivity index (χ4n) is 1.00. The molecule has 0 aromatic carbocycles. The zero-order chi connectivity index (χ0) is 8.27. The van der Waals surface area contributed by atoms with E-state index in [1.165, 1.54) is 6.08 Å². The molecule has 0 aromatic rings. The molecule has 2 nitrogen and oxygen atoms in total. The highest BCUT2D eigenvalue weighted by Crippen LogP contribution is 2.17. The maximum Gasteiger partial charge on any atom is 0.208 e. The molecule has 0 radical (unpaired) electrons. The molecule has 0 bridgehead atoms. The average molecular weight is 152 g/mol. The third-order valence-electron chi connectivity index (χ3n) is 1.73. The molecule has 58 valence electrons. The Bertz CT molecular complexity index is 237. The van der Waals surface area contributed by atoms with Crippen LogP contribution < -0.4 is 0 Å². The van der Waals surface area contributed by atoms with Crippen molar-refractivity contribution in [3.63, 3.8) is 0 Å². The van der Waals surface area contributed by atoms with Gasteiger partial charge in [0.15, 0.2) is 0 Å². The molecule has 0 fully saturated rings. The van der Waals surface area contributed by atoms with Gasteiger partial charge in [0.05, 0.1) is 18.5 Å². The van der Waals surface area contributed by atoms with Gasteiger partial charge in [-0.05, 0) is 12.0 Å². The quantitative estimate of drug-likeness (QED) is 0.564. The summed E-state index contributed by atoms with van der Waals surface area (Å²) in [5, 5.41) is 8.36. The van der Waals surface area contributed by atoms with Crippen molar-refractivity contribution in [2.75, 3.05) is 0 Å². The standard InChI is InChI=1S/C8H9FN2/c1-6-2-3-8(9)11-7(6)4-5-10/h2-3,6-7H,4H2,1H3/t6?,7-/m0/s1. The summed E-state index contributed by atoms with van der Waals surface area (Å²) in [4.78, 5) is 3.69. The smallest absolute Gasteiger partial charge is 0.208 e. The lowest BCUT2D eigenvalue weighted by atomic mass is 9.98. The van der Waals surface area contributed by atoms with E-state index in [0.29, 0.717) is 6.42 Å². The molecule has 3 heteroatoms. The van der Waals surface area contributed by atoms with Gasteiger partial charge in [0.1, 0.15) is 0 Å². The Hall–Kier alpha value is -1.17. The molecule has 0 spiro atoms. The van der Waals surface area contributed by atoms with Gasteiger partial charge in [0.25, 0.3) is 0 Å². The molecule has 0 aliphatic carbocycles. The van der Waals surface area contributed by atoms with Gasteiger partial charge < -0.3 is 0 Å². The van der Waals surface area contributed by atoms with E-state index >= 15 is 0 Å². The Kier molecular flexibility index (Phi) is 2.37. The molecule has 1 aliphatic heterocycles. The minimum Gasteiger partial charge on any atom is -0.253 e. The highest BCUT2D eigenvalue weighted by molar-refractivity contribution is 5.87. The van der Waals surface area contributed by atoms with E-state index in [4.69, 9.17) is 5.26 Å². The van der Waals surface area contributed by atoms with Crippen LogP contribution in [0.15, 0.2) is 17.1 Å². The van der Waals surface area contributed by atoms with Crippen LogP contribution in [0.5, 0.6) is 0 Å². The van der Waals surface area contributed by atoms with Crippen molar-refractivity contribution in [1.82, 2.24) is 0 Å². The molecule has 1 heterocycles. The van der Waals surface area contributed by atoms with Gasteiger partial charge in [-0.2, -0.15) is 9.65 Å². The summed E-state index contributed by atoms with van der Waals surface area (Å²) in [7, 11) is 0. The molecule has 1 aliphatic rings. The highest BCUT2D eigenvalue weighted by Gasteiger charge is 2.17. The van der Waals surface area contributed by atoms with Gasteiger partial charge in [-0.3, -0.25) is 4.99 Å². The topological polar surface area (TPSA) is 36.1 Å². The van der Waals surface area contributed by atoms with Crippen molar-refractivity contribution in [2.24, 2.45) is 10.9 Å². The molecule has 0 amide bonds. The summed E-state index contributed by atoms with van der Waals surface area (Å²) in [6.45, 7) is 1.93. The predicted molar refractivity (Wildman–Crippen MR) is 40.9 cm³/mol. The largest absolute Gasteiger partial charge is 0.253 e. The maximum absolute atomic E-state index is 12.5. The monoisotopic (exact) mass is 152 g/mol. The minimum atomic E-state index is -0.469. The molecule has 1 rings (SSSR count). The number of nitriles is 1. The zero-order valence-corrected chi connectivity index (χ0v) is 6.29. The Morgan fingerprint density at radius 2 is 2.55 bits per heavy atom. The van der Waals surface area contributed by atoms with Gasteiger partial charge >= 0.3 is 0 Å². The summed E-state index contributed by atoms with van der Waals surface area (Å²) in [6, 6.07) is 1.79. The van der Waals surface area contributed by atoms with Crippen molar-refractivity contribution in [1.29, 1.82) is 5.26 Å². The molecule has 0 saturated heterocycles. The van der Waals surface area contributed by atoms with Crippen LogP contribution in [0.2, 0.25) is 0 Å². The van der Waals surface area contributed by atoms with Crippen LogP contribution in [0.25, 0.3) is 0 Å². The first-order valence-corrected chi connectivity index (χ1v) is 3.52. The normalized spacial score (nSPS) is 29.4. The van der Waals surface area contributed by atoms with E-state index in [1.54, 1.807) is 6.08 Å². The van der Waals surface area contributed by atoms with Crippen LogP contribution in [-0.2, 0) is 0 Å². The zero-order valence-electron chi connectivity index (χ0n) is 6.29. The van der Waals surface area contributed by atoms with Crippen molar-refractivity contribution in [3.05, 3.63) is 12.2 Å². The van der Waals surface area contributed by atoms with E-state index in [9.17, 15) is 4.39 Å². The van der Waals surface area contributed by atoms with Crippen LogP contribution in [0.3, 0.4) is 0 Å². The molecule has 0 aromatic heterocycles. The number of hydrogen-bond donors (Lipinski definition) is 0. The van der Waals surface area contributed by atoms with E-state index in [0.717, 1.165) is 0 Å². The molecular formula is C8H9FN2. The number of hydrogen-bond acceptors (Lipinski definition) is 2. The van der Waals surface area contributed by atoms with Crippen LogP contribution in [-0.4, -0.2) is 12.0 Å². The van der Waals surface area contributed by atoms with E-state index in [2.05, 4.69) is 4.99 Å². The Labute approximate surface area is 65.1 Å². The lowest BCUT2D eigenvalue weighted by Crippen LogP contribution is -2.17. The molecular weight excluding hydrogens is 143 g/mol. The predicted octanol–water partition coefficient (Wildman–Crippen LogP) is 1.84. The van der Waals surface area contributed by atoms with Crippen molar-refractivity contribution >= 4 is 5.97 Å². The number of halogens is 1. The fraction of sp³-hybridized carbons (Fsp3) is 0.500. The first kappa shape index (κ1) is 7.93. The van der Waals surface area contributed by atoms with Gasteiger partial charge in [0.2, 0.25) is 5.97 Å². The third kappa shape index (κ3) is 1.87. The summed E-state index contributed by atoms with van der Waals surface area (Å²) >= 11 is 0. The number of rotatable bonds is 1. The van der Waals surface area contributed by atoms with Crippen molar-refractivity contribution in [2.45, 2.75) is 19.4 Å². The van der Waals surface area contributed by atoms with E-state index in [-0.39, 0.29) is 12.0 Å². The molecule has 2 atom stereocenters. The second kappa shape index (κ2) is 3.29. The minimum absolute atomic E-state index is 0.175. The van der Waals surface area contributed by atoms with Crippen LogP contribution in [0, 0.1) is 17.2 Å². The van der Waals surface area contributed by atoms with Crippen LogP contribution >= 0.6 is 0 Å². The lowest BCUT2D eigenvalue weighted by molar-refractivity contribution is 0.534. The number of aliphatic imine (C=N–C) groups is 1. The number of allylic oxidation sites excluding steroid dienone is 1. The summed E-state index contributed by atoms with van der Waals surface area (Å²) < 4.78 is 12.5. The second-order valence-corrected chi connectivity index (χ2v) is 2.60. The highest BCUT2D eigenvalue weighted by atomic mass is 19.1. The van der Waals surface area contributed by atoms with Crippen LogP contribution in [0.4, 0.5) is 4.39 Å². The van der Waals surface area contributed by atoms with Gasteiger partial charge in [-0.1, -0.05) is 13.0 Å². The van der Waals surface area contributed by atoms with Crippen molar-refractivity contribution < 1.29 is 4.39 Å². The Morgan fingerprint density at radius 3 is 3.18 bits per heavy atom. The molecule has 0 saturated carbocycles. The second-order valence-electron chi connectivity index (χ2n) is 2.60. The number of dihydropyridines is 1. The first-order chi connectivity index (χ1) is 5.24. The maximum atomic E-state index is 12.5. The summed E-state index contributed by atoms with van der Waals surface area (Å²) in [5.41, 5.74) is 0. The number of nitrogens with zero attached hydrogens (tertiary/aromatic N) is 2. The van der Waals surface area contributed by atoms with Gasteiger partial charge in [0, 0.05) is 0 Å². The van der Waals surface area contributed by atoms with Gasteiger partial charge in [-0.15, -0.1) is 0 Å². The van der Waals surface area contributed by atoms with E-state index in [1.807, 2.05) is 13.0 Å². The fourth-order valence-corrected chi connectivity index (χ4v) is 1.00. The molecule has 1 unspecified atom stereocenters. The Balaban J connectivity index is 2.67. The third-order valence-corrected chi connectivity index (χ3v) is 1.73. The Morgan fingerprint density at radius 1 is 1.82 bits per heavy atom. The SMILES string of the molecule is CC1C=CC(F)=N[C@H]1CC#N. The summed E-state index contributed by atoms with van der Waals surface area (Å²) in [6.07, 6.45) is 3.38. The van der Waals surface area contributed by atoms with Crippen LogP contribution in [0.1, 0.15) is 13.3 Å². The molecule has 0 N–H and O–H groups in total. The van der Waals surface area contributed by atoms with E-state index < -0.39 is 5.97 Å². The van der Waals surface area contributed by atoms with Crippen molar-refractivity contribution in [3.8, 4) is 6.07 Å².